The van der Waals surface area contributed by atoms with Crippen LogP contribution in [0.5, 0.6) is 0 Å². The second-order valence-corrected chi connectivity index (χ2v) is 4.34. The van der Waals surface area contributed by atoms with E-state index in [1.807, 2.05) is 6.20 Å². The molecular formula is C10H10ClN5O. The molecular weight excluding hydrogens is 242 g/mol. The topological polar surface area (TPSA) is 89.8 Å². The maximum atomic E-state index is 8.97. The van der Waals surface area contributed by atoms with E-state index in [2.05, 4.69) is 15.0 Å². The van der Waals surface area contributed by atoms with Crippen molar-refractivity contribution >= 4 is 34.9 Å². The van der Waals surface area contributed by atoms with Crippen molar-refractivity contribution in [3.8, 4) is 0 Å². The first-order valence-electron chi connectivity index (χ1n) is 5.16. The Morgan fingerprint density at radius 1 is 1.59 bits per heavy atom. The van der Waals surface area contributed by atoms with E-state index in [0.29, 0.717) is 11.2 Å². The lowest BCUT2D eigenvalue weighted by molar-refractivity contribution is 0.281. The third-order valence-electron chi connectivity index (χ3n) is 2.77. The predicted octanol–water partition coefficient (Wildman–Crippen LogP) is 0.915. The minimum absolute atomic E-state index is 0.122. The van der Waals surface area contributed by atoms with Gasteiger partial charge in [0.1, 0.15) is 11.8 Å². The van der Waals surface area contributed by atoms with E-state index in [1.165, 1.54) is 5.57 Å². The first-order valence-corrected chi connectivity index (χ1v) is 5.54. The number of anilines is 1. The second-order valence-electron chi connectivity index (χ2n) is 3.98. The van der Waals surface area contributed by atoms with Gasteiger partial charge in [-0.15, -0.1) is 0 Å². The lowest BCUT2D eigenvalue weighted by Gasteiger charge is -1.97. The van der Waals surface area contributed by atoms with Crippen LogP contribution in [0.1, 0.15) is 6.42 Å². The van der Waals surface area contributed by atoms with Crippen LogP contribution in [0.2, 0.25) is 5.15 Å². The second kappa shape index (κ2) is 3.68. The van der Waals surface area contributed by atoms with E-state index < -0.39 is 0 Å². The van der Waals surface area contributed by atoms with Gasteiger partial charge in [0.15, 0.2) is 10.8 Å². The summed E-state index contributed by atoms with van der Waals surface area (Å²) in [6.07, 6.45) is 4.42. The molecule has 0 spiro atoms. The lowest BCUT2D eigenvalue weighted by Crippen LogP contribution is -1.97. The fraction of sp³-hybridized carbons (Fsp3) is 0.300. The van der Waals surface area contributed by atoms with Crippen LogP contribution < -0.4 is 5.73 Å². The van der Waals surface area contributed by atoms with E-state index in [1.54, 1.807) is 10.9 Å². The first-order chi connectivity index (χ1) is 8.19. The van der Waals surface area contributed by atoms with Crippen molar-refractivity contribution in [1.82, 2.24) is 19.5 Å². The Kier molecular flexibility index (Phi) is 2.27. The summed E-state index contributed by atoms with van der Waals surface area (Å²) in [5.74, 6) is 0.388. The van der Waals surface area contributed by atoms with Crippen molar-refractivity contribution in [2.45, 2.75) is 6.42 Å². The average molecular weight is 252 g/mol. The summed E-state index contributed by atoms with van der Waals surface area (Å²) < 4.78 is 1.75. The molecule has 7 heteroatoms. The highest BCUT2D eigenvalue weighted by atomic mass is 35.5. The fourth-order valence-corrected chi connectivity index (χ4v) is 1.96. The molecule has 6 nitrogen and oxygen atoms in total. The van der Waals surface area contributed by atoms with Gasteiger partial charge in [-0.05, 0) is 12.0 Å². The Labute approximate surface area is 102 Å². The van der Waals surface area contributed by atoms with Gasteiger partial charge in [0.05, 0.1) is 0 Å². The SMILES string of the molecule is Nc1nc(Cl)c2ncn(C=C3C[C@H]3CO)c2n1. The summed E-state index contributed by atoms with van der Waals surface area (Å²) >= 11 is 5.92. The van der Waals surface area contributed by atoms with E-state index in [9.17, 15) is 0 Å². The minimum atomic E-state index is 0.122. The number of halogens is 1. The maximum Gasteiger partial charge on any atom is 0.223 e. The third kappa shape index (κ3) is 1.75. The number of nitrogen functional groups attached to an aromatic ring is 1. The highest BCUT2D eigenvalue weighted by Crippen LogP contribution is 2.37. The number of rotatable bonds is 2. The fourth-order valence-electron chi connectivity index (χ4n) is 1.74. The van der Waals surface area contributed by atoms with E-state index >= 15 is 0 Å². The van der Waals surface area contributed by atoms with Crippen molar-refractivity contribution in [2.75, 3.05) is 12.3 Å². The number of nitrogens with zero attached hydrogens (tertiary/aromatic N) is 4. The summed E-state index contributed by atoms with van der Waals surface area (Å²) in [5, 5.41) is 9.22. The maximum absolute atomic E-state index is 8.97. The highest BCUT2D eigenvalue weighted by molar-refractivity contribution is 6.33. The zero-order valence-electron chi connectivity index (χ0n) is 8.84. The Bertz CT molecular complexity index is 620. The molecule has 17 heavy (non-hydrogen) atoms. The largest absolute Gasteiger partial charge is 0.396 e. The summed E-state index contributed by atoms with van der Waals surface area (Å²) in [7, 11) is 0. The Morgan fingerprint density at radius 2 is 2.41 bits per heavy atom. The van der Waals surface area contributed by atoms with Gasteiger partial charge in [0, 0.05) is 18.7 Å². The molecule has 3 rings (SSSR count). The van der Waals surface area contributed by atoms with Crippen molar-refractivity contribution in [3.63, 3.8) is 0 Å². The van der Waals surface area contributed by atoms with Gasteiger partial charge in [0.2, 0.25) is 5.95 Å². The Morgan fingerprint density at radius 3 is 3.12 bits per heavy atom. The van der Waals surface area contributed by atoms with Gasteiger partial charge >= 0.3 is 0 Å². The van der Waals surface area contributed by atoms with Gasteiger partial charge in [-0.2, -0.15) is 9.97 Å². The molecule has 1 atom stereocenters. The van der Waals surface area contributed by atoms with Crippen molar-refractivity contribution in [2.24, 2.45) is 5.92 Å². The molecule has 0 bridgehead atoms. The smallest absolute Gasteiger partial charge is 0.223 e. The van der Waals surface area contributed by atoms with E-state index in [-0.39, 0.29) is 23.6 Å². The zero-order valence-corrected chi connectivity index (χ0v) is 9.59. The molecule has 2 aromatic heterocycles. The summed E-state index contributed by atoms with van der Waals surface area (Å²) in [6, 6.07) is 0. The van der Waals surface area contributed by atoms with Crippen LogP contribution in [0.4, 0.5) is 5.95 Å². The Hall–Kier alpha value is -1.66. The Balaban J connectivity index is 2.09. The zero-order chi connectivity index (χ0) is 12.0. The number of imidazole rings is 1. The molecule has 1 saturated carbocycles. The van der Waals surface area contributed by atoms with Crippen LogP contribution in [0.3, 0.4) is 0 Å². The molecule has 0 amide bonds. The van der Waals surface area contributed by atoms with Crippen LogP contribution in [0.15, 0.2) is 11.9 Å². The van der Waals surface area contributed by atoms with Crippen molar-refractivity contribution < 1.29 is 5.11 Å². The van der Waals surface area contributed by atoms with Crippen molar-refractivity contribution in [1.29, 1.82) is 0 Å². The summed E-state index contributed by atoms with van der Waals surface area (Å²) in [6.45, 7) is 0.177. The van der Waals surface area contributed by atoms with Gasteiger partial charge in [-0.1, -0.05) is 11.6 Å². The van der Waals surface area contributed by atoms with Gasteiger partial charge in [-0.25, -0.2) is 4.98 Å². The third-order valence-corrected chi connectivity index (χ3v) is 3.03. The van der Waals surface area contributed by atoms with Crippen LogP contribution in [-0.2, 0) is 0 Å². The molecule has 1 aliphatic rings. The highest BCUT2D eigenvalue weighted by Gasteiger charge is 2.28. The minimum Gasteiger partial charge on any atom is -0.396 e. The molecule has 2 aromatic rings. The molecule has 3 N–H and O–H groups in total. The molecule has 0 unspecified atom stereocenters. The number of aliphatic hydroxyl groups excluding tert-OH is 1. The number of hydrogen-bond donors (Lipinski definition) is 2. The van der Waals surface area contributed by atoms with E-state index in [4.69, 9.17) is 22.4 Å². The number of aliphatic hydroxyl groups is 1. The molecule has 0 radical (unpaired) electrons. The number of fused-ring (bicyclic) bond motifs is 1. The van der Waals surface area contributed by atoms with Crippen LogP contribution in [0, 0.1) is 5.92 Å². The van der Waals surface area contributed by atoms with E-state index in [0.717, 1.165) is 6.42 Å². The van der Waals surface area contributed by atoms with Crippen LogP contribution in [-0.4, -0.2) is 31.2 Å². The quantitative estimate of drug-likeness (QED) is 0.775. The van der Waals surface area contributed by atoms with Gasteiger partial charge < -0.3 is 10.8 Å². The van der Waals surface area contributed by atoms with Crippen LogP contribution in [0.25, 0.3) is 17.4 Å². The molecule has 1 aliphatic carbocycles. The molecule has 2 heterocycles. The predicted molar refractivity (Wildman–Crippen MR) is 64.2 cm³/mol. The van der Waals surface area contributed by atoms with Gasteiger partial charge in [0.25, 0.3) is 0 Å². The van der Waals surface area contributed by atoms with Crippen LogP contribution >= 0.6 is 11.6 Å². The molecule has 88 valence electrons. The first kappa shape index (κ1) is 10.5. The van der Waals surface area contributed by atoms with Crippen molar-refractivity contribution in [3.05, 3.63) is 17.1 Å². The molecule has 0 saturated heterocycles. The van der Waals surface area contributed by atoms with Gasteiger partial charge in [-0.3, -0.25) is 4.57 Å². The number of hydrogen-bond acceptors (Lipinski definition) is 5. The summed E-state index contributed by atoms with van der Waals surface area (Å²) in [4.78, 5) is 12.1. The molecule has 1 fully saturated rings. The monoisotopic (exact) mass is 251 g/mol. The standard InChI is InChI=1S/C10H10ClN5O/c11-8-7-9(15-10(12)14-8)16(4-13-7)2-5-1-6(5)3-17/h2,4,6,17H,1,3H2,(H2,12,14,15)/t6-/m0/s1. The average Bonchev–Trinajstić information content (AvgIpc) is 2.92. The molecule has 0 aromatic carbocycles. The lowest BCUT2D eigenvalue weighted by atomic mass is 10.4. The normalized spacial score (nSPS) is 21.3. The number of nitrogens with two attached hydrogens (primary N) is 1. The summed E-state index contributed by atoms with van der Waals surface area (Å²) in [5.41, 5.74) is 7.82. The molecule has 0 aliphatic heterocycles. The number of aromatic nitrogens is 4.